The van der Waals surface area contributed by atoms with Gasteiger partial charge in [-0.3, -0.25) is 0 Å². The SMILES string of the molecule is CCC1(c2ccccc2C)CCCC[N]1. The van der Waals surface area contributed by atoms with Gasteiger partial charge in [0.2, 0.25) is 0 Å². The molecule has 0 spiro atoms. The molecule has 1 aromatic carbocycles. The molecule has 1 heteroatoms. The minimum absolute atomic E-state index is 0.129. The van der Waals surface area contributed by atoms with Crippen LogP contribution in [0.25, 0.3) is 0 Å². The van der Waals surface area contributed by atoms with E-state index in [1.165, 1.54) is 30.4 Å². The summed E-state index contributed by atoms with van der Waals surface area (Å²) in [7, 11) is 0. The first-order chi connectivity index (χ1) is 7.28. The van der Waals surface area contributed by atoms with E-state index in [-0.39, 0.29) is 5.54 Å². The summed E-state index contributed by atoms with van der Waals surface area (Å²) in [5, 5.41) is 4.91. The van der Waals surface area contributed by atoms with Gasteiger partial charge < -0.3 is 0 Å². The number of aryl methyl sites for hydroxylation is 1. The second-order valence-electron chi connectivity index (χ2n) is 4.54. The number of hydrogen-bond acceptors (Lipinski definition) is 0. The summed E-state index contributed by atoms with van der Waals surface area (Å²) in [5.41, 5.74) is 2.97. The fraction of sp³-hybridized carbons (Fsp3) is 0.571. The van der Waals surface area contributed by atoms with E-state index in [9.17, 15) is 0 Å². The number of piperidine rings is 1. The smallest absolute Gasteiger partial charge is 0.0605 e. The molecule has 0 saturated carbocycles. The van der Waals surface area contributed by atoms with Gasteiger partial charge in [0.15, 0.2) is 0 Å². The summed E-state index contributed by atoms with van der Waals surface area (Å²) >= 11 is 0. The second kappa shape index (κ2) is 4.36. The predicted molar refractivity (Wildman–Crippen MR) is 64.0 cm³/mol. The Hall–Kier alpha value is -0.820. The van der Waals surface area contributed by atoms with Crippen LogP contribution in [0.3, 0.4) is 0 Å². The molecule has 1 fully saturated rings. The van der Waals surface area contributed by atoms with Crippen molar-refractivity contribution in [3.63, 3.8) is 0 Å². The lowest BCUT2D eigenvalue weighted by Gasteiger charge is -2.37. The fourth-order valence-electron chi connectivity index (χ4n) is 2.70. The largest absolute Gasteiger partial charge is 0.230 e. The zero-order valence-corrected chi connectivity index (χ0v) is 9.79. The van der Waals surface area contributed by atoms with E-state index >= 15 is 0 Å². The van der Waals surface area contributed by atoms with E-state index in [4.69, 9.17) is 5.32 Å². The van der Waals surface area contributed by atoms with E-state index in [0.29, 0.717) is 0 Å². The third kappa shape index (κ3) is 1.93. The third-order valence-corrected chi connectivity index (χ3v) is 3.64. The van der Waals surface area contributed by atoms with E-state index in [1.807, 2.05) is 0 Å². The van der Waals surface area contributed by atoms with Gasteiger partial charge in [-0.25, -0.2) is 5.32 Å². The van der Waals surface area contributed by atoms with Crippen LogP contribution < -0.4 is 5.32 Å². The molecule has 1 heterocycles. The average Bonchev–Trinajstić information content (AvgIpc) is 2.30. The molecule has 15 heavy (non-hydrogen) atoms. The van der Waals surface area contributed by atoms with E-state index in [1.54, 1.807) is 0 Å². The van der Waals surface area contributed by atoms with Crippen LogP contribution >= 0.6 is 0 Å². The van der Waals surface area contributed by atoms with Crippen molar-refractivity contribution in [2.75, 3.05) is 6.54 Å². The maximum Gasteiger partial charge on any atom is 0.0605 e. The fourth-order valence-corrected chi connectivity index (χ4v) is 2.70. The van der Waals surface area contributed by atoms with Crippen LogP contribution in [-0.2, 0) is 5.54 Å². The monoisotopic (exact) mass is 202 g/mol. The Kier molecular flexibility index (Phi) is 3.11. The van der Waals surface area contributed by atoms with Gasteiger partial charge in [-0.1, -0.05) is 31.2 Å². The zero-order chi connectivity index (χ0) is 10.7. The first kappa shape index (κ1) is 10.7. The minimum Gasteiger partial charge on any atom is -0.230 e. The first-order valence-corrected chi connectivity index (χ1v) is 6.03. The number of rotatable bonds is 2. The van der Waals surface area contributed by atoms with Crippen LogP contribution in [0.5, 0.6) is 0 Å². The highest BCUT2D eigenvalue weighted by Crippen LogP contribution is 2.36. The van der Waals surface area contributed by atoms with E-state index < -0.39 is 0 Å². The Morgan fingerprint density at radius 2 is 2.07 bits per heavy atom. The minimum atomic E-state index is 0.129. The van der Waals surface area contributed by atoms with Gasteiger partial charge in [-0.15, -0.1) is 0 Å². The average molecular weight is 202 g/mol. The molecule has 0 amide bonds. The molecule has 1 radical (unpaired) electrons. The Morgan fingerprint density at radius 3 is 2.67 bits per heavy atom. The summed E-state index contributed by atoms with van der Waals surface area (Å²) in [6.45, 7) is 5.51. The number of nitrogens with zero attached hydrogens (tertiary/aromatic N) is 1. The standard InChI is InChI=1S/C14H20N/c1-3-14(10-6-7-11-15-14)13-9-5-4-8-12(13)2/h4-5,8-9H,3,6-7,10-11H2,1-2H3. The maximum atomic E-state index is 4.91. The Labute approximate surface area is 92.9 Å². The molecule has 1 aliphatic heterocycles. The van der Waals surface area contributed by atoms with Crippen molar-refractivity contribution in [2.24, 2.45) is 0 Å². The summed E-state index contributed by atoms with van der Waals surface area (Å²) in [6, 6.07) is 8.72. The van der Waals surface area contributed by atoms with Crippen LogP contribution in [0.1, 0.15) is 43.7 Å². The van der Waals surface area contributed by atoms with Crippen molar-refractivity contribution in [1.29, 1.82) is 0 Å². The molecule has 81 valence electrons. The molecule has 1 aliphatic rings. The Morgan fingerprint density at radius 1 is 1.27 bits per heavy atom. The van der Waals surface area contributed by atoms with Crippen LogP contribution in [-0.4, -0.2) is 6.54 Å². The lowest BCUT2D eigenvalue weighted by Crippen LogP contribution is -2.40. The van der Waals surface area contributed by atoms with Gasteiger partial charge in [0.1, 0.15) is 0 Å². The zero-order valence-electron chi connectivity index (χ0n) is 9.79. The molecular formula is C14H20N. The van der Waals surface area contributed by atoms with Crippen molar-refractivity contribution in [2.45, 2.75) is 45.1 Å². The van der Waals surface area contributed by atoms with Crippen molar-refractivity contribution in [3.05, 3.63) is 35.4 Å². The van der Waals surface area contributed by atoms with Crippen molar-refractivity contribution >= 4 is 0 Å². The maximum absolute atomic E-state index is 4.91. The lowest BCUT2D eigenvalue weighted by molar-refractivity contribution is 0.240. The Balaban J connectivity index is 2.36. The molecule has 0 bridgehead atoms. The van der Waals surface area contributed by atoms with Crippen LogP contribution in [0.4, 0.5) is 0 Å². The van der Waals surface area contributed by atoms with Crippen LogP contribution in [0, 0.1) is 6.92 Å². The summed E-state index contributed by atoms with van der Waals surface area (Å²) in [4.78, 5) is 0. The van der Waals surface area contributed by atoms with Crippen molar-refractivity contribution in [1.82, 2.24) is 5.32 Å². The number of benzene rings is 1. The molecule has 1 unspecified atom stereocenters. The van der Waals surface area contributed by atoms with Gasteiger partial charge in [0, 0.05) is 6.54 Å². The Bertz CT molecular complexity index is 324. The molecule has 1 nitrogen and oxygen atoms in total. The van der Waals surface area contributed by atoms with Gasteiger partial charge in [0.05, 0.1) is 5.54 Å². The van der Waals surface area contributed by atoms with Gasteiger partial charge in [-0.05, 0) is 43.7 Å². The molecule has 1 aromatic rings. The summed E-state index contributed by atoms with van der Waals surface area (Å²) in [6.07, 6.45) is 4.96. The van der Waals surface area contributed by atoms with E-state index in [0.717, 1.165) is 13.0 Å². The van der Waals surface area contributed by atoms with Gasteiger partial charge in [-0.2, -0.15) is 0 Å². The molecular weight excluding hydrogens is 182 g/mol. The summed E-state index contributed by atoms with van der Waals surface area (Å²) < 4.78 is 0. The van der Waals surface area contributed by atoms with Gasteiger partial charge >= 0.3 is 0 Å². The van der Waals surface area contributed by atoms with Crippen LogP contribution in [0.2, 0.25) is 0 Å². The number of hydrogen-bond donors (Lipinski definition) is 0. The second-order valence-corrected chi connectivity index (χ2v) is 4.54. The lowest BCUT2D eigenvalue weighted by atomic mass is 9.78. The normalized spacial score (nSPS) is 26.5. The third-order valence-electron chi connectivity index (χ3n) is 3.64. The molecule has 0 aromatic heterocycles. The summed E-state index contributed by atoms with van der Waals surface area (Å²) in [5.74, 6) is 0. The predicted octanol–water partition coefficient (Wildman–Crippen LogP) is 3.39. The first-order valence-electron chi connectivity index (χ1n) is 6.03. The molecule has 2 rings (SSSR count). The highest BCUT2D eigenvalue weighted by Gasteiger charge is 2.33. The quantitative estimate of drug-likeness (QED) is 0.698. The van der Waals surface area contributed by atoms with Gasteiger partial charge in [0.25, 0.3) is 0 Å². The molecule has 0 N–H and O–H groups in total. The highest BCUT2D eigenvalue weighted by atomic mass is 15.0. The van der Waals surface area contributed by atoms with E-state index in [2.05, 4.69) is 38.1 Å². The van der Waals surface area contributed by atoms with Crippen LogP contribution in [0.15, 0.2) is 24.3 Å². The molecule has 1 saturated heterocycles. The molecule has 0 aliphatic carbocycles. The van der Waals surface area contributed by atoms with Crippen molar-refractivity contribution < 1.29 is 0 Å². The van der Waals surface area contributed by atoms with Crippen molar-refractivity contribution in [3.8, 4) is 0 Å². The highest BCUT2D eigenvalue weighted by molar-refractivity contribution is 5.33. The molecule has 1 atom stereocenters. The topological polar surface area (TPSA) is 14.1 Å².